The molecule has 3 aliphatic rings. The largest absolute Gasteiger partial charge is 0.347 e. The van der Waals surface area contributed by atoms with Crippen LogP contribution < -0.4 is 15.8 Å². The number of benzene rings is 2. The highest BCUT2D eigenvalue weighted by atomic mass is 16.2. The molecule has 4 amide bonds. The van der Waals surface area contributed by atoms with Crippen molar-refractivity contribution in [2.45, 2.75) is 25.4 Å². The number of anilines is 1. The highest BCUT2D eigenvalue weighted by Crippen LogP contribution is 2.52. The van der Waals surface area contributed by atoms with Gasteiger partial charge < -0.3 is 4.90 Å². The van der Waals surface area contributed by atoms with E-state index < -0.39 is 29.3 Å². The topological polar surface area (TPSA) is 104 Å². The molecule has 5 heterocycles. The van der Waals surface area contributed by atoms with Crippen molar-refractivity contribution < 1.29 is 14.4 Å². The van der Waals surface area contributed by atoms with E-state index in [1.165, 1.54) is 4.40 Å². The fourth-order valence-electron chi connectivity index (χ4n) is 6.22. The van der Waals surface area contributed by atoms with Gasteiger partial charge in [-0.25, -0.2) is 9.78 Å². The number of hydrogen-bond acceptors (Lipinski definition) is 6. The minimum Gasteiger partial charge on any atom is -0.347 e. The van der Waals surface area contributed by atoms with Gasteiger partial charge in [-0.15, -0.1) is 0 Å². The molecule has 1 saturated heterocycles. The van der Waals surface area contributed by atoms with Crippen molar-refractivity contribution in [1.29, 1.82) is 0 Å². The molecule has 188 valence electrons. The second-order valence-electron chi connectivity index (χ2n) is 9.98. The zero-order chi connectivity index (χ0) is 26.0. The second-order valence-corrected chi connectivity index (χ2v) is 9.98. The number of pyridine rings is 1. The van der Waals surface area contributed by atoms with Crippen LogP contribution in [0, 0.1) is 5.41 Å². The number of aromatic nitrogens is 2. The zero-order valence-electron chi connectivity index (χ0n) is 20.3. The summed E-state index contributed by atoms with van der Waals surface area (Å²) in [5.74, 6) is -0.810. The summed E-state index contributed by atoms with van der Waals surface area (Å²) >= 11 is 0. The molecule has 7 rings (SSSR count). The molecular weight excluding hydrogens is 482 g/mol. The maximum atomic E-state index is 14.5. The van der Waals surface area contributed by atoms with E-state index in [4.69, 9.17) is 4.98 Å². The molecular formula is C29H23N5O4. The first-order valence-corrected chi connectivity index (χ1v) is 12.5. The molecule has 3 aliphatic heterocycles. The average molecular weight is 506 g/mol. The Morgan fingerprint density at radius 3 is 2.53 bits per heavy atom. The van der Waals surface area contributed by atoms with E-state index in [0.29, 0.717) is 30.0 Å². The summed E-state index contributed by atoms with van der Waals surface area (Å²) in [6, 6.07) is 20.7. The van der Waals surface area contributed by atoms with Crippen molar-refractivity contribution in [2.75, 3.05) is 11.4 Å². The third-order valence-electron chi connectivity index (χ3n) is 7.96. The predicted octanol–water partition coefficient (Wildman–Crippen LogP) is 2.62. The number of carbonyl (C=O) groups is 3. The van der Waals surface area contributed by atoms with E-state index in [-0.39, 0.29) is 18.5 Å². The number of carbonyl (C=O) groups excluding carboxylic acids is 3. The van der Waals surface area contributed by atoms with Crippen LogP contribution in [0.4, 0.5) is 10.6 Å². The molecule has 1 fully saturated rings. The highest BCUT2D eigenvalue weighted by Gasteiger charge is 2.64. The first-order chi connectivity index (χ1) is 18.5. The number of nitrogens with zero attached hydrogens (tertiary/aromatic N) is 4. The molecule has 2 unspecified atom stereocenters. The molecule has 1 spiro atoms. The number of nitrogens with one attached hydrogen (secondary N) is 1. The van der Waals surface area contributed by atoms with E-state index in [0.717, 1.165) is 21.6 Å². The van der Waals surface area contributed by atoms with Crippen LogP contribution in [-0.2, 0) is 29.0 Å². The first-order valence-electron chi connectivity index (χ1n) is 12.5. The molecule has 2 aromatic carbocycles. The van der Waals surface area contributed by atoms with Crippen molar-refractivity contribution in [2.24, 2.45) is 5.41 Å². The standard InChI is InChI=1S/C29H23N5O4/c35-25-21-16-29(26(36)31-28(38)34(27(29)37)17-18-8-2-1-3-9-18)23-20-11-5-4-10-19(20)13-15-33(23)24(21)30-22-12-6-7-14-32(22)25/h1-12,14,23H,13,15-17H2,(H,31,36,38). The zero-order valence-corrected chi connectivity index (χ0v) is 20.3. The molecule has 0 radical (unpaired) electrons. The van der Waals surface area contributed by atoms with E-state index in [1.807, 2.05) is 65.6 Å². The Morgan fingerprint density at radius 2 is 1.68 bits per heavy atom. The van der Waals surface area contributed by atoms with Crippen molar-refractivity contribution >= 4 is 29.3 Å². The maximum Gasteiger partial charge on any atom is 0.331 e. The smallest absolute Gasteiger partial charge is 0.331 e. The molecule has 4 aromatic rings. The van der Waals surface area contributed by atoms with Gasteiger partial charge >= 0.3 is 6.03 Å². The summed E-state index contributed by atoms with van der Waals surface area (Å²) in [5.41, 5.74) is 1.35. The Balaban J connectivity index is 1.47. The Morgan fingerprint density at radius 1 is 0.921 bits per heavy atom. The van der Waals surface area contributed by atoms with E-state index >= 15 is 0 Å². The third-order valence-corrected chi connectivity index (χ3v) is 7.96. The molecule has 38 heavy (non-hydrogen) atoms. The van der Waals surface area contributed by atoms with Gasteiger partial charge in [0.05, 0.1) is 18.2 Å². The molecule has 0 bridgehead atoms. The average Bonchev–Trinajstić information content (AvgIpc) is 2.95. The number of urea groups is 1. The summed E-state index contributed by atoms with van der Waals surface area (Å²) in [6.45, 7) is 0.482. The van der Waals surface area contributed by atoms with Crippen LogP contribution in [0.2, 0.25) is 0 Å². The second kappa shape index (κ2) is 8.11. The lowest BCUT2D eigenvalue weighted by Crippen LogP contribution is -2.70. The maximum absolute atomic E-state index is 14.5. The molecule has 0 aliphatic carbocycles. The van der Waals surface area contributed by atoms with Gasteiger partial charge in [-0.05, 0) is 35.2 Å². The normalized spacial score (nSPS) is 22.2. The van der Waals surface area contributed by atoms with Crippen molar-refractivity contribution in [3.05, 3.63) is 112 Å². The number of hydrogen-bond donors (Lipinski definition) is 1. The van der Waals surface area contributed by atoms with Gasteiger partial charge in [0, 0.05) is 19.2 Å². The van der Waals surface area contributed by atoms with Crippen LogP contribution in [0.1, 0.15) is 28.3 Å². The van der Waals surface area contributed by atoms with Crippen LogP contribution in [0.5, 0.6) is 0 Å². The Bertz CT molecular complexity index is 1720. The molecule has 9 nitrogen and oxygen atoms in total. The van der Waals surface area contributed by atoms with Crippen molar-refractivity contribution in [1.82, 2.24) is 19.6 Å². The Labute approximate surface area is 217 Å². The number of fused-ring (bicyclic) bond motifs is 7. The SMILES string of the molecule is O=C1NC(=O)C2(Cc3c(nc4ccccn4c3=O)N3CCc4ccccc4C32)C(=O)N1Cc1ccccc1. The summed E-state index contributed by atoms with van der Waals surface area (Å²) in [7, 11) is 0. The van der Waals surface area contributed by atoms with Crippen LogP contribution >= 0.6 is 0 Å². The van der Waals surface area contributed by atoms with E-state index in [9.17, 15) is 19.2 Å². The lowest BCUT2D eigenvalue weighted by atomic mass is 9.65. The Hall–Kier alpha value is -4.79. The van der Waals surface area contributed by atoms with Gasteiger partial charge in [0.2, 0.25) is 11.8 Å². The number of rotatable bonds is 2. The summed E-state index contributed by atoms with van der Waals surface area (Å²) < 4.78 is 1.43. The quantitative estimate of drug-likeness (QED) is 0.420. The van der Waals surface area contributed by atoms with Gasteiger partial charge in [-0.2, -0.15) is 0 Å². The molecule has 1 N–H and O–H groups in total. The Kier molecular flexibility index (Phi) is 4.78. The lowest BCUT2D eigenvalue weighted by Gasteiger charge is -2.53. The van der Waals surface area contributed by atoms with Crippen LogP contribution in [0.25, 0.3) is 5.65 Å². The summed E-state index contributed by atoms with van der Waals surface area (Å²) in [5, 5.41) is 2.46. The first kappa shape index (κ1) is 22.4. The lowest BCUT2D eigenvalue weighted by molar-refractivity contribution is -0.154. The van der Waals surface area contributed by atoms with Crippen LogP contribution in [-0.4, -0.2) is 38.7 Å². The molecule has 2 aromatic heterocycles. The van der Waals surface area contributed by atoms with E-state index in [1.54, 1.807) is 18.3 Å². The van der Waals surface area contributed by atoms with Gasteiger partial charge in [-0.1, -0.05) is 60.7 Å². The molecule has 9 heteroatoms. The van der Waals surface area contributed by atoms with E-state index in [2.05, 4.69) is 5.32 Å². The van der Waals surface area contributed by atoms with Crippen molar-refractivity contribution in [3.8, 4) is 0 Å². The number of imide groups is 2. The summed E-state index contributed by atoms with van der Waals surface area (Å²) in [6.07, 6.45) is 2.13. The van der Waals surface area contributed by atoms with Crippen molar-refractivity contribution in [3.63, 3.8) is 0 Å². The van der Waals surface area contributed by atoms with Gasteiger partial charge in [0.1, 0.15) is 11.5 Å². The number of barbiturate groups is 1. The minimum atomic E-state index is -1.73. The fraction of sp³-hybridized carbons (Fsp3) is 0.207. The van der Waals surface area contributed by atoms with Crippen LogP contribution in [0.15, 0.2) is 83.8 Å². The predicted molar refractivity (Wildman–Crippen MR) is 138 cm³/mol. The third kappa shape index (κ3) is 3.01. The molecule has 2 atom stereocenters. The highest BCUT2D eigenvalue weighted by molar-refractivity contribution is 6.20. The van der Waals surface area contributed by atoms with Gasteiger partial charge in [-0.3, -0.25) is 29.0 Å². The monoisotopic (exact) mass is 505 g/mol. The summed E-state index contributed by atoms with van der Waals surface area (Å²) in [4.78, 5) is 63.0. The van der Waals surface area contributed by atoms with Gasteiger partial charge in [0.15, 0.2) is 5.41 Å². The number of amides is 4. The van der Waals surface area contributed by atoms with Gasteiger partial charge in [0.25, 0.3) is 5.56 Å². The van der Waals surface area contributed by atoms with Crippen LogP contribution in [0.3, 0.4) is 0 Å². The minimum absolute atomic E-state index is 0.0106. The molecule has 0 saturated carbocycles. The fourth-order valence-corrected chi connectivity index (χ4v) is 6.22.